The highest BCUT2D eigenvalue weighted by Gasteiger charge is 2.45. The first-order valence-electron chi connectivity index (χ1n) is 11.0. The van der Waals surface area contributed by atoms with Crippen molar-refractivity contribution in [1.29, 1.82) is 0 Å². The molecular formula is C22H24N6O5. The number of piperidine rings is 1. The van der Waals surface area contributed by atoms with Gasteiger partial charge in [0.05, 0.1) is 40.9 Å². The van der Waals surface area contributed by atoms with E-state index in [4.69, 9.17) is 4.74 Å². The topological polar surface area (TPSA) is 127 Å². The Labute approximate surface area is 189 Å². The maximum Gasteiger partial charge on any atom is 0.264 e. The minimum Gasteiger partial charge on any atom is -0.373 e. The van der Waals surface area contributed by atoms with Crippen molar-refractivity contribution >= 4 is 23.6 Å². The van der Waals surface area contributed by atoms with Gasteiger partial charge in [0.25, 0.3) is 11.8 Å². The van der Waals surface area contributed by atoms with E-state index in [9.17, 15) is 19.2 Å². The minimum atomic E-state index is -1.01. The van der Waals surface area contributed by atoms with E-state index in [2.05, 4.69) is 20.5 Å². The van der Waals surface area contributed by atoms with Gasteiger partial charge in [-0.05, 0) is 32.4 Å². The van der Waals surface area contributed by atoms with Gasteiger partial charge in [-0.15, -0.1) is 5.10 Å². The normalized spacial score (nSPS) is 26.0. The molecule has 4 heterocycles. The summed E-state index contributed by atoms with van der Waals surface area (Å²) in [6.45, 7) is 6.22. The molecule has 0 bridgehead atoms. The number of imide groups is 2. The molecule has 0 saturated carbocycles. The van der Waals surface area contributed by atoms with E-state index in [1.807, 2.05) is 13.8 Å². The SMILES string of the molecule is C[C@@H]1CN(Cc2cn(-c3cccc4c3C(=O)N(C3CCC(=O)NC3=O)C4=O)nn2)C[C@H](C)O1. The standard InChI is InChI=1S/C22H24N6O5/c1-12-8-26(9-13(2)33-12)10-14-11-27(25-24-14)16-5-3-4-15-19(16)22(32)28(21(15)31)17-6-7-18(29)23-20(17)30/h3-5,11-13,17H,6-10H2,1-2H3,(H,23,29,30)/t12-,13+,17?. The summed E-state index contributed by atoms with van der Waals surface area (Å²) in [5.74, 6) is -2.18. The molecule has 2 saturated heterocycles. The Morgan fingerprint density at radius 1 is 1.09 bits per heavy atom. The molecule has 1 aromatic heterocycles. The van der Waals surface area contributed by atoms with Gasteiger partial charge in [0.15, 0.2) is 0 Å². The molecule has 1 N–H and O–H groups in total. The molecule has 1 aromatic carbocycles. The summed E-state index contributed by atoms with van der Waals surface area (Å²) in [7, 11) is 0. The van der Waals surface area contributed by atoms with Crippen LogP contribution in [0.15, 0.2) is 24.4 Å². The third-order valence-corrected chi connectivity index (χ3v) is 6.11. The van der Waals surface area contributed by atoms with Crippen molar-refractivity contribution in [2.75, 3.05) is 13.1 Å². The second-order valence-electron chi connectivity index (χ2n) is 8.75. The molecule has 11 heteroatoms. The van der Waals surface area contributed by atoms with E-state index in [1.54, 1.807) is 24.4 Å². The van der Waals surface area contributed by atoms with Gasteiger partial charge in [-0.3, -0.25) is 34.3 Å². The molecular weight excluding hydrogens is 428 g/mol. The Kier molecular flexibility index (Phi) is 5.29. The van der Waals surface area contributed by atoms with Gasteiger partial charge in [0.1, 0.15) is 6.04 Å². The number of carbonyl (C=O) groups is 4. The number of aromatic nitrogens is 3. The van der Waals surface area contributed by atoms with Crippen LogP contribution in [0.4, 0.5) is 0 Å². The summed E-state index contributed by atoms with van der Waals surface area (Å²) in [6, 6.07) is 3.90. The largest absolute Gasteiger partial charge is 0.373 e. The zero-order valence-electron chi connectivity index (χ0n) is 18.4. The van der Waals surface area contributed by atoms with Gasteiger partial charge in [-0.1, -0.05) is 11.3 Å². The third kappa shape index (κ3) is 3.83. The third-order valence-electron chi connectivity index (χ3n) is 6.11. The summed E-state index contributed by atoms with van der Waals surface area (Å²) in [5, 5.41) is 10.7. The lowest BCUT2D eigenvalue weighted by molar-refractivity contribution is -0.136. The number of nitrogens with one attached hydrogen (secondary N) is 1. The van der Waals surface area contributed by atoms with Gasteiger partial charge in [-0.25, -0.2) is 4.68 Å². The maximum absolute atomic E-state index is 13.3. The van der Waals surface area contributed by atoms with Crippen LogP contribution in [0.5, 0.6) is 0 Å². The highest BCUT2D eigenvalue weighted by molar-refractivity contribution is 6.24. The molecule has 3 aliphatic rings. The van der Waals surface area contributed by atoms with E-state index >= 15 is 0 Å². The fraction of sp³-hybridized carbons (Fsp3) is 0.455. The van der Waals surface area contributed by atoms with Crippen LogP contribution < -0.4 is 5.32 Å². The fourth-order valence-electron chi connectivity index (χ4n) is 4.82. The predicted molar refractivity (Wildman–Crippen MR) is 113 cm³/mol. The second kappa shape index (κ2) is 8.16. The van der Waals surface area contributed by atoms with Crippen molar-refractivity contribution in [3.8, 4) is 5.69 Å². The predicted octanol–water partition coefficient (Wildman–Crippen LogP) is 0.278. The minimum absolute atomic E-state index is 0.0713. The molecule has 172 valence electrons. The average molecular weight is 452 g/mol. The summed E-state index contributed by atoms with van der Waals surface area (Å²) in [5.41, 5.74) is 1.53. The Bertz CT molecular complexity index is 1150. The molecule has 5 rings (SSSR count). The van der Waals surface area contributed by atoms with Gasteiger partial charge < -0.3 is 4.74 Å². The van der Waals surface area contributed by atoms with E-state index in [0.717, 1.165) is 23.7 Å². The molecule has 3 aliphatic heterocycles. The van der Waals surface area contributed by atoms with Crippen molar-refractivity contribution in [2.24, 2.45) is 0 Å². The van der Waals surface area contributed by atoms with E-state index in [0.29, 0.717) is 12.2 Å². The lowest BCUT2D eigenvalue weighted by atomic mass is 10.0. The smallest absolute Gasteiger partial charge is 0.264 e. The fourth-order valence-corrected chi connectivity index (χ4v) is 4.82. The second-order valence-corrected chi connectivity index (χ2v) is 8.75. The Morgan fingerprint density at radius 3 is 2.58 bits per heavy atom. The number of ether oxygens (including phenoxy) is 1. The van der Waals surface area contributed by atoms with Gasteiger partial charge in [0, 0.05) is 26.1 Å². The number of amides is 4. The van der Waals surface area contributed by atoms with Crippen molar-refractivity contribution in [1.82, 2.24) is 30.1 Å². The van der Waals surface area contributed by atoms with Crippen molar-refractivity contribution in [2.45, 2.75) is 51.5 Å². The molecule has 4 amide bonds. The van der Waals surface area contributed by atoms with Crippen molar-refractivity contribution < 1.29 is 23.9 Å². The Hall–Kier alpha value is -3.44. The number of morpholine rings is 1. The number of benzene rings is 1. The van der Waals surface area contributed by atoms with E-state index in [-0.39, 0.29) is 36.2 Å². The summed E-state index contributed by atoms with van der Waals surface area (Å²) >= 11 is 0. The zero-order chi connectivity index (χ0) is 23.3. The quantitative estimate of drug-likeness (QED) is 0.656. The van der Waals surface area contributed by atoms with E-state index in [1.165, 1.54) is 4.68 Å². The van der Waals surface area contributed by atoms with Crippen LogP contribution in [0, 0.1) is 0 Å². The highest BCUT2D eigenvalue weighted by atomic mass is 16.5. The van der Waals surface area contributed by atoms with Crippen LogP contribution in [-0.4, -0.2) is 79.8 Å². The molecule has 2 fully saturated rings. The van der Waals surface area contributed by atoms with Crippen LogP contribution >= 0.6 is 0 Å². The van der Waals surface area contributed by atoms with Gasteiger partial charge in [0.2, 0.25) is 11.8 Å². The summed E-state index contributed by atoms with van der Waals surface area (Å²) in [6.07, 6.45) is 2.18. The number of rotatable bonds is 4. The maximum atomic E-state index is 13.3. The molecule has 0 radical (unpaired) electrons. The van der Waals surface area contributed by atoms with Crippen LogP contribution in [0.3, 0.4) is 0 Å². The highest BCUT2D eigenvalue weighted by Crippen LogP contribution is 2.31. The molecule has 2 aromatic rings. The number of nitrogens with zero attached hydrogens (tertiary/aromatic N) is 5. The van der Waals surface area contributed by atoms with Gasteiger partial charge in [-0.2, -0.15) is 0 Å². The molecule has 33 heavy (non-hydrogen) atoms. The number of hydrogen-bond donors (Lipinski definition) is 1. The molecule has 0 aliphatic carbocycles. The van der Waals surface area contributed by atoms with Crippen LogP contribution in [-0.2, 0) is 20.9 Å². The molecule has 1 unspecified atom stereocenters. The van der Waals surface area contributed by atoms with Gasteiger partial charge >= 0.3 is 0 Å². The summed E-state index contributed by atoms with van der Waals surface area (Å²) < 4.78 is 7.26. The van der Waals surface area contributed by atoms with Crippen LogP contribution in [0.1, 0.15) is 53.1 Å². The lowest BCUT2D eigenvalue weighted by Crippen LogP contribution is -2.54. The van der Waals surface area contributed by atoms with Crippen molar-refractivity contribution in [3.63, 3.8) is 0 Å². The zero-order valence-corrected chi connectivity index (χ0v) is 18.4. The summed E-state index contributed by atoms with van der Waals surface area (Å²) in [4.78, 5) is 53.3. The Morgan fingerprint density at radius 2 is 1.85 bits per heavy atom. The van der Waals surface area contributed by atoms with E-state index < -0.39 is 29.7 Å². The molecule has 11 nitrogen and oxygen atoms in total. The monoisotopic (exact) mass is 452 g/mol. The lowest BCUT2D eigenvalue weighted by Gasteiger charge is -2.34. The first-order valence-corrected chi connectivity index (χ1v) is 11.0. The molecule has 3 atom stereocenters. The Balaban J connectivity index is 1.41. The molecule has 0 spiro atoms. The number of fused-ring (bicyclic) bond motifs is 1. The van der Waals surface area contributed by atoms with Crippen LogP contribution in [0.2, 0.25) is 0 Å². The number of carbonyl (C=O) groups excluding carboxylic acids is 4. The number of hydrogen-bond acceptors (Lipinski definition) is 8. The average Bonchev–Trinajstić information content (AvgIpc) is 3.31. The van der Waals surface area contributed by atoms with Crippen molar-refractivity contribution in [3.05, 3.63) is 41.2 Å². The first-order chi connectivity index (χ1) is 15.8. The van der Waals surface area contributed by atoms with Crippen LogP contribution in [0.25, 0.3) is 5.69 Å². The first kappa shape index (κ1) is 21.4.